The van der Waals surface area contributed by atoms with Gasteiger partial charge in [-0.1, -0.05) is 32.4 Å². The van der Waals surface area contributed by atoms with E-state index < -0.39 is 0 Å². The predicted molar refractivity (Wildman–Crippen MR) is 112 cm³/mol. The zero-order valence-corrected chi connectivity index (χ0v) is 16.8. The van der Waals surface area contributed by atoms with Crippen LogP contribution in [0.1, 0.15) is 46.1 Å². The van der Waals surface area contributed by atoms with Crippen molar-refractivity contribution >= 4 is 11.5 Å². The highest BCUT2D eigenvalue weighted by molar-refractivity contribution is 5.80. The van der Waals surface area contributed by atoms with Gasteiger partial charge < -0.3 is 21.2 Å². The molecule has 0 radical (unpaired) electrons. The summed E-state index contributed by atoms with van der Waals surface area (Å²) >= 11 is 0. The average Bonchev–Trinajstić information content (AvgIpc) is 3.18. The van der Waals surface area contributed by atoms with Crippen molar-refractivity contribution in [2.45, 2.75) is 52.2 Å². The minimum atomic E-state index is -0.352. The van der Waals surface area contributed by atoms with Gasteiger partial charge in [0.15, 0.2) is 0 Å². The molecule has 0 spiro atoms. The quantitative estimate of drug-likeness (QED) is 0.367. The van der Waals surface area contributed by atoms with Gasteiger partial charge in [-0.25, -0.2) is 0 Å². The Labute approximate surface area is 165 Å². The molecule has 3 unspecified atom stereocenters. The molecule has 0 amide bonds. The first kappa shape index (κ1) is 21.4. The van der Waals surface area contributed by atoms with E-state index in [0.29, 0.717) is 36.5 Å². The molecule has 28 heavy (non-hydrogen) atoms. The molecule has 3 atom stereocenters. The molecule has 0 aromatic carbocycles. The van der Waals surface area contributed by atoms with E-state index in [1.807, 2.05) is 6.92 Å². The van der Waals surface area contributed by atoms with Crippen LogP contribution in [0.3, 0.4) is 0 Å². The minimum Gasteiger partial charge on any atom is -0.392 e. The molecule has 8 heteroatoms. The molecule has 152 valence electrons. The molecule has 0 fully saturated rings. The van der Waals surface area contributed by atoms with Crippen molar-refractivity contribution in [1.29, 1.82) is 5.26 Å². The molecule has 2 rings (SSSR count). The monoisotopic (exact) mass is 386 g/mol. The van der Waals surface area contributed by atoms with Crippen molar-refractivity contribution in [3.63, 3.8) is 0 Å². The molecular weight excluding hydrogens is 356 g/mol. The van der Waals surface area contributed by atoms with Crippen molar-refractivity contribution in [1.82, 2.24) is 14.8 Å². The lowest BCUT2D eigenvalue weighted by molar-refractivity contribution is 0.0681. The number of hydrogen-bond donors (Lipinski definition) is 4. The Hall–Kier alpha value is -2.92. The molecule has 0 bridgehead atoms. The highest BCUT2D eigenvalue weighted by atomic mass is 16.5. The van der Waals surface area contributed by atoms with E-state index in [4.69, 9.17) is 21.5 Å². The Balaban J connectivity index is 2.41. The van der Waals surface area contributed by atoms with Crippen molar-refractivity contribution < 1.29 is 4.74 Å². The molecule has 2 aromatic rings. The van der Waals surface area contributed by atoms with Crippen molar-refractivity contribution in [3.8, 4) is 17.3 Å². The maximum atomic E-state index is 12.4. The summed E-state index contributed by atoms with van der Waals surface area (Å²) < 4.78 is 7.48. The number of nitrogens with zero attached hydrogens (tertiary/aromatic N) is 2. The first-order valence-electron chi connectivity index (χ1n) is 9.51. The first-order chi connectivity index (χ1) is 13.3. The van der Waals surface area contributed by atoms with Crippen molar-refractivity contribution in [2.24, 2.45) is 5.92 Å². The van der Waals surface area contributed by atoms with E-state index in [1.165, 1.54) is 0 Å². The third-order valence-corrected chi connectivity index (χ3v) is 5.04. The molecular formula is C20H30N6O2. The largest absolute Gasteiger partial charge is 0.392 e. The Morgan fingerprint density at radius 2 is 2.14 bits per heavy atom. The van der Waals surface area contributed by atoms with E-state index in [-0.39, 0.29) is 29.3 Å². The number of nitrogens with one attached hydrogen (secondary N) is 2. The standard InChI is InChI=1S/C20H30N6O2/c1-5-12(2)17(13(3)11-14(4)28-10-6-8-21)26-18(16(22)20(27)25-26)15-7-9-24-19(15)23/h7,9,12,14,17,24H,3,5-6,10-11,22-23H2,1-2,4H3,(H,25,27). The average molecular weight is 387 g/mol. The molecule has 8 nitrogen and oxygen atoms in total. The number of H-pyrrole nitrogens is 2. The van der Waals surface area contributed by atoms with Crippen LogP contribution in [0.4, 0.5) is 11.5 Å². The van der Waals surface area contributed by atoms with Crippen LogP contribution in [-0.2, 0) is 4.74 Å². The molecule has 0 saturated carbocycles. The number of aromatic amines is 2. The van der Waals surface area contributed by atoms with Crippen LogP contribution in [0.15, 0.2) is 29.2 Å². The molecule has 0 aliphatic rings. The van der Waals surface area contributed by atoms with Gasteiger partial charge in [-0.3, -0.25) is 14.6 Å². The van der Waals surface area contributed by atoms with Crippen LogP contribution in [0.25, 0.3) is 11.3 Å². The summed E-state index contributed by atoms with van der Waals surface area (Å²) in [6.07, 6.45) is 3.46. The Morgan fingerprint density at radius 3 is 2.71 bits per heavy atom. The topological polar surface area (TPSA) is 139 Å². The fraction of sp³-hybridized carbons (Fsp3) is 0.500. The fourth-order valence-electron chi connectivity index (χ4n) is 3.45. The van der Waals surface area contributed by atoms with Gasteiger partial charge >= 0.3 is 0 Å². The summed E-state index contributed by atoms with van der Waals surface area (Å²) in [6.45, 7) is 10.8. The molecule has 0 saturated heterocycles. The summed E-state index contributed by atoms with van der Waals surface area (Å²) in [4.78, 5) is 15.3. The number of rotatable bonds is 10. The van der Waals surface area contributed by atoms with Crippen molar-refractivity contribution in [3.05, 3.63) is 34.8 Å². The normalized spacial score (nSPS) is 14.4. The second-order valence-corrected chi connectivity index (χ2v) is 7.16. The van der Waals surface area contributed by atoms with Gasteiger partial charge in [0, 0.05) is 11.8 Å². The molecule has 0 aliphatic carbocycles. The second-order valence-electron chi connectivity index (χ2n) is 7.16. The zero-order valence-electron chi connectivity index (χ0n) is 16.8. The second kappa shape index (κ2) is 9.33. The van der Waals surface area contributed by atoms with Crippen LogP contribution in [0.5, 0.6) is 0 Å². The van der Waals surface area contributed by atoms with Gasteiger partial charge in [0.25, 0.3) is 5.56 Å². The van der Waals surface area contributed by atoms with Crippen LogP contribution >= 0.6 is 0 Å². The number of nitrogens with two attached hydrogens (primary N) is 2. The first-order valence-corrected chi connectivity index (χ1v) is 9.51. The number of nitrogen functional groups attached to an aromatic ring is 2. The molecule has 0 aliphatic heterocycles. The summed E-state index contributed by atoms with van der Waals surface area (Å²) in [7, 11) is 0. The van der Waals surface area contributed by atoms with E-state index in [0.717, 1.165) is 12.0 Å². The third-order valence-electron chi connectivity index (χ3n) is 5.04. The fourth-order valence-corrected chi connectivity index (χ4v) is 3.45. The van der Waals surface area contributed by atoms with Gasteiger partial charge in [0.1, 0.15) is 11.5 Å². The van der Waals surface area contributed by atoms with Gasteiger partial charge in [-0.15, -0.1) is 0 Å². The Kier molecular flexibility index (Phi) is 7.12. The van der Waals surface area contributed by atoms with Gasteiger partial charge in [0.05, 0.1) is 36.9 Å². The van der Waals surface area contributed by atoms with Gasteiger partial charge in [-0.2, -0.15) is 5.26 Å². The van der Waals surface area contributed by atoms with Crippen LogP contribution in [0.2, 0.25) is 0 Å². The maximum absolute atomic E-state index is 12.4. The lowest BCUT2D eigenvalue weighted by Gasteiger charge is -2.29. The van der Waals surface area contributed by atoms with Crippen LogP contribution < -0.4 is 17.0 Å². The highest BCUT2D eigenvalue weighted by Crippen LogP contribution is 2.37. The number of hydrogen-bond acceptors (Lipinski definition) is 5. The maximum Gasteiger partial charge on any atom is 0.287 e. The van der Waals surface area contributed by atoms with E-state index in [1.54, 1.807) is 16.9 Å². The van der Waals surface area contributed by atoms with Gasteiger partial charge in [0.2, 0.25) is 0 Å². The number of anilines is 2. The SMILES string of the molecule is C=C(CC(C)OCCC#N)C(C(C)CC)n1[nH]c(=O)c(N)c1-c1cc[nH]c1N. The van der Waals surface area contributed by atoms with Crippen molar-refractivity contribution in [2.75, 3.05) is 18.1 Å². The van der Waals surface area contributed by atoms with Crippen LogP contribution in [-0.4, -0.2) is 27.5 Å². The van der Waals surface area contributed by atoms with Crippen LogP contribution in [0, 0.1) is 17.2 Å². The zero-order chi connectivity index (χ0) is 20.8. The summed E-state index contributed by atoms with van der Waals surface area (Å²) in [6, 6.07) is 3.69. The van der Waals surface area contributed by atoms with E-state index in [2.05, 4.69) is 36.6 Å². The van der Waals surface area contributed by atoms with E-state index in [9.17, 15) is 4.79 Å². The molecule has 2 heterocycles. The minimum absolute atomic E-state index is 0.0900. The Bertz CT molecular complexity index is 901. The Morgan fingerprint density at radius 1 is 1.43 bits per heavy atom. The van der Waals surface area contributed by atoms with E-state index >= 15 is 0 Å². The smallest absolute Gasteiger partial charge is 0.287 e. The lowest BCUT2D eigenvalue weighted by Crippen LogP contribution is -2.24. The number of aromatic nitrogens is 3. The molecule has 2 aromatic heterocycles. The van der Waals surface area contributed by atoms with Gasteiger partial charge in [-0.05, 0) is 25.3 Å². The lowest BCUT2D eigenvalue weighted by atomic mass is 9.90. The summed E-state index contributed by atoms with van der Waals surface area (Å²) in [5.74, 6) is 0.640. The highest BCUT2D eigenvalue weighted by Gasteiger charge is 2.28. The summed E-state index contributed by atoms with van der Waals surface area (Å²) in [5, 5.41) is 11.5. The molecule has 6 N–H and O–H groups in total. The number of ether oxygens (including phenoxy) is 1. The third kappa shape index (κ3) is 4.49. The summed E-state index contributed by atoms with van der Waals surface area (Å²) in [5.41, 5.74) is 14.1. The predicted octanol–water partition coefficient (Wildman–Crippen LogP) is 3.19. The number of nitriles is 1.